The molecule has 0 saturated carbocycles. The van der Waals surface area contributed by atoms with Crippen molar-refractivity contribution in [2.75, 3.05) is 20.8 Å². The highest BCUT2D eigenvalue weighted by molar-refractivity contribution is 6.31. The summed E-state index contributed by atoms with van der Waals surface area (Å²) < 4.78 is 24.1. The molecule has 0 spiro atoms. The van der Waals surface area contributed by atoms with Gasteiger partial charge in [-0.2, -0.15) is 0 Å². The third-order valence-corrected chi connectivity index (χ3v) is 8.08. The standard InChI is InChI=1S/C33H32ClNO4/c1-36-30-15-24-13-14-35-19-27-26(16-29(35)25(24)17-31(30)38-20-22-9-5-3-6-10-22)28(34)18-32(33(27)37-2)39-21-23-11-7-4-8-12-23/h3-12,15,17-18,29H,13-14,16,19-21H2,1-2H3/t29-/m1/s1. The van der Waals surface area contributed by atoms with Crippen molar-refractivity contribution < 1.29 is 18.9 Å². The Morgan fingerprint density at radius 2 is 1.44 bits per heavy atom. The molecule has 0 aromatic heterocycles. The van der Waals surface area contributed by atoms with Gasteiger partial charge in [0.2, 0.25) is 0 Å². The van der Waals surface area contributed by atoms with Crippen LogP contribution >= 0.6 is 11.6 Å². The van der Waals surface area contributed by atoms with E-state index in [1.54, 1.807) is 14.2 Å². The summed E-state index contributed by atoms with van der Waals surface area (Å²) >= 11 is 6.91. The summed E-state index contributed by atoms with van der Waals surface area (Å²) in [5.74, 6) is 2.99. The number of rotatable bonds is 8. The van der Waals surface area contributed by atoms with Gasteiger partial charge in [0.15, 0.2) is 23.0 Å². The number of ether oxygens (including phenoxy) is 4. The molecular weight excluding hydrogens is 510 g/mol. The Kier molecular flexibility index (Phi) is 7.36. The van der Waals surface area contributed by atoms with E-state index in [0.717, 1.165) is 70.5 Å². The van der Waals surface area contributed by atoms with Crippen molar-refractivity contribution in [1.82, 2.24) is 4.90 Å². The van der Waals surface area contributed by atoms with Gasteiger partial charge in [-0.1, -0.05) is 72.3 Å². The quantitative estimate of drug-likeness (QED) is 0.236. The van der Waals surface area contributed by atoms with Crippen LogP contribution < -0.4 is 18.9 Å². The number of nitrogens with zero attached hydrogens (tertiary/aromatic N) is 1. The zero-order valence-corrected chi connectivity index (χ0v) is 23.0. The van der Waals surface area contributed by atoms with Crippen LogP contribution in [0.1, 0.15) is 39.4 Å². The summed E-state index contributed by atoms with van der Waals surface area (Å²) in [5, 5.41) is 0.717. The molecule has 0 N–H and O–H groups in total. The first kappa shape index (κ1) is 25.6. The molecule has 0 amide bonds. The van der Waals surface area contributed by atoms with Gasteiger partial charge in [0.05, 0.1) is 14.2 Å². The monoisotopic (exact) mass is 541 g/mol. The van der Waals surface area contributed by atoms with Gasteiger partial charge >= 0.3 is 0 Å². The first-order chi connectivity index (χ1) is 19.1. The van der Waals surface area contributed by atoms with Crippen LogP contribution in [-0.2, 0) is 32.6 Å². The Morgan fingerprint density at radius 3 is 2.08 bits per heavy atom. The smallest absolute Gasteiger partial charge is 0.165 e. The van der Waals surface area contributed by atoms with Crippen LogP contribution in [0.25, 0.3) is 0 Å². The number of benzene rings is 4. The van der Waals surface area contributed by atoms with Gasteiger partial charge < -0.3 is 18.9 Å². The molecule has 0 bridgehead atoms. The van der Waals surface area contributed by atoms with E-state index in [4.69, 9.17) is 30.5 Å². The third-order valence-electron chi connectivity index (χ3n) is 7.74. The molecule has 5 nitrogen and oxygen atoms in total. The van der Waals surface area contributed by atoms with Crippen molar-refractivity contribution in [2.45, 2.75) is 38.6 Å². The summed E-state index contributed by atoms with van der Waals surface area (Å²) in [7, 11) is 3.41. The summed E-state index contributed by atoms with van der Waals surface area (Å²) in [6, 6.07) is 26.7. The van der Waals surface area contributed by atoms with Crippen molar-refractivity contribution in [2.24, 2.45) is 0 Å². The van der Waals surface area contributed by atoms with E-state index in [-0.39, 0.29) is 6.04 Å². The summed E-state index contributed by atoms with van der Waals surface area (Å²) in [5.41, 5.74) is 7.03. The lowest BCUT2D eigenvalue weighted by molar-refractivity contribution is 0.156. The lowest BCUT2D eigenvalue weighted by atomic mass is 9.83. The molecule has 0 fully saturated rings. The third kappa shape index (κ3) is 5.17. The average Bonchev–Trinajstić information content (AvgIpc) is 2.98. The first-order valence-electron chi connectivity index (χ1n) is 13.3. The fourth-order valence-corrected chi connectivity index (χ4v) is 6.04. The summed E-state index contributed by atoms with van der Waals surface area (Å²) in [4.78, 5) is 2.51. The maximum absolute atomic E-state index is 6.91. The molecule has 39 heavy (non-hydrogen) atoms. The van der Waals surface area contributed by atoms with Crippen LogP contribution in [0.4, 0.5) is 0 Å². The molecule has 200 valence electrons. The second-order valence-corrected chi connectivity index (χ2v) is 10.4. The fraction of sp³-hybridized carbons (Fsp3) is 0.273. The molecule has 4 aromatic carbocycles. The highest BCUT2D eigenvalue weighted by Gasteiger charge is 2.36. The van der Waals surface area contributed by atoms with Crippen LogP contribution in [0, 0.1) is 0 Å². The van der Waals surface area contributed by atoms with Crippen LogP contribution in [-0.4, -0.2) is 25.7 Å². The second kappa shape index (κ2) is 11.2. The minimum Gasteiger partial charge on any atom is -0.493 e. The Morgan fingerprint density at radius 1 is 0.769 bits per heavy atom. The lowest BCUT2D eigenvalue weighted by Crippen LogP contribution is -2.39. The topological polar surface area (TPSA) is 40.2 Å². The molecule has 0 saturated heterocycles. The molecular formula is C33H32ClNO4. The fourth-order valence-electron chi connectivity index (χ4n) is 5.75. The number of halogens is 1. The Hall–Kier alpha value is -3.67. The minimum atomic E-state index is 0.199. The van der Waals surface area contributed by atoms with Crippen LogP contribution in [0.3, 0.4) is 0 Å². The number of hydrogen-bond acceptors (Lipinski definition) is 5. The molecule has 6 heteroatoms. The van der Waals surface area contributed by atoms with E-state index >= 15 is 0 Å². The Bertz CT molecular complexity index is 1460. The van der Waals surface area contributed by atoms with E-state index in [0.29, 0.717) is 19.0 Å². The largest absolute Gasteiger partial charge is 0.493 e. The maximum atomic E-state index is 6.91. The highest BCUT2D eigenvalue weighted by Crippen LogP contribution is 2.48. The number of fused-ring (bicyclic) bond motifs is 4. The zero-order valence-electron chi connectivity index (χ0n) is 22.3. The summed E-state index contributed by atoms with van der Waals surface area (Å²) in [6.07, 6.45) is 1.73. The van der Waals surface area contributed by atoms with E-state index in [1.807, 2.05) is 42.5 Å². The van der Waals surface area contributed by atoms with Gasteiger partial charge in [-0.25, -0.2) is 0 Å². The van der Waals surface area contributed by atoms with Crippen LogP contribution in [0.5, 0.6) is 23.0 Å². The van der Waals surface area contributed by atoms with Gasteiger partial charge in [-0.3, -0.25) is 4.90 Å². The van der Waals surface area contributed by atoms with Gasteiger partial charge in [0, 0.05) is 35.8 Å². The molecule has 4 aromatic rings. The van der Waals surface area contributed by atoms with Gasteiger partial charge in [0.25, 0.3) is 0 Å². The van der Waals surface area contributed by atoms with Gasteiger partial charge in [0.1, 0.15) is 13.2 Å². The van der Waals surface area contributed by atoms with E-state index in [2.05, 4.69) is 41.3 Å². The number of hydrogen-bond donors (Lipinski definition) is 0. The highest BCUT2D eigenvalue weighted by atomic mass is 35.5. The number of methoxy groups -OCH3 is 2. The molecule has 0 aliphatic carbocycles. The van der Waals surface area contributed by atoms with Gasteiger partial charge in [-0.15, -0.1) is 0 Å². The predicted octanol–water partition coefficient (Wildman–Crippen LogP) is 7.17. The molecule has 6 rings (SSSR count). The van der Waals surface area contributed by atoms with E-state index < -0.39 is 0 Å². The summed E-state index contributed by atoms with van der Waals surface area (Å²) in [6.45, 7) is 2.64. The first-order valence-corrected chi connectivity index (χ1v) is 13.7. The van der Waals surface area contributed by atoms with Crippen molar-refractivity contribution in [3.8, 4) is 23.0 Å². The van der Waals surface area contributed by atoms with Crippen molar-refractivity contribution in [1.29, 1.82) is 0 Å². The zero-order chi connectivity index (χ0) is 26.8. The van der Waals surface area contributed by atoms with E-state index in [9.17, 15) is 0 Å². The SMILES string of the molecule is COc1cc2c(cc1OCc1ccccc1)[C@H]1Cc3c(Cl)cc(OCc4ccccc4)c(OC)c3CN1CC2. The van der Waals surface area contributed by atoms with Crippen molar-refractivity contribution in [3.05, 3.63) is 117 Å². The average molecular weight is 542 g/mol. The molecule has 2 heterocycles. The predicted molar refractivity (Wildman–Crippen MR) is 153 cm³/mol. The van der Waals surface area contributed by atoms with E-state index in [1.165, 1.54) is 11.1 Å². The Balaban J connectivity index is 1.29. The molecule has 2 aliphatic rings. The molecule has 0 radical (unpaired) electrons. The van der Waals surface area contributed by atoms with Crippen LogP contribution in [0.2, 0.25) is 5.02 Å². The Labute approximate surface area is 234 Å². The van der Waals surface area contributed by atoms with Gasteiger partial charge in [-0.05, 0) is 52.8 Å². The van der Waals surface area contributed by atoms with Crippen LogP contribution in [0.15, 0.2) is 78.9 Å². The molecule has 0 unspecified atom stereocenters. The van der Waals surface area contributed by atoms with Crippen molar-refractivity contribution >= 4 is 11.6 Å². The normalized spacial score (nSPS) is 16.0. The molecule has 2 aliphatic heterocycles. The minimum absolute atomic E-state index is 0.199. The van der Waals surface area contributed by atoms with Crippen molar-refractivity contribution in [3.63, 3.8) is 0 Å². The second-order valence-electron chi connectivity index (χ2n) is 10.0. The lowest BCUT2D eigenvalue weighted by Gasteiger charge is -2.42. The maximum Gasteiger partial charge on any atom is 0.165 e. The molecule has 1 atom stereocenters.